The average Bonchev–Trinajstić information content (AvgIpc) is 3.19. The zero-order valence-electron chi connectivity index (χ0n) is 15.8. The summed E-state index contributed by atoms with van der Waals surface area (Å²) in [6, 6.07) is 17.9. The van der Waals surface area contributed by atoms with Crippen molar-refractivity contribution >= 4 is 54.9 Å². The predicted octanol–water partition coefficient (Wildman–Crippen LogP) is 7.02. The van der Waals surface area contributed by atoms with E-state index in [-0.39, 0.29) is 11.7 Å². The molecular weight excluding hydrogens is 550 g/mol. The summed E-state index contributed by atoms with van der Waals surface area (Å²) in [5.41, 5.74) is 3.56. The summed E-state index contributed by atoms with van der Waals surface area (Å²) in [5, 5.41) is 18.8. The molecule has 2 heterocycles. The lowest BCUT2D eigenvalue weighted by Gasteiger charge is -2.38. The number of nitro groups is 1. The minimum absolute atomic E-state index is 0.0134. The molecule has 2 aliphatic rings. The smallest absolute Gasteiger partial charge is 0.269 e. The van der Waals surface area contributed by atoms with E-state index in [1.165, 1.54) is 12.1 Å². The number of hydrogen-bond acceptors (Lipinski definition) is 5. The van der Waals surface area contributed by atoms with E-state index in [1.54, 1.807) is 6.07 Å². The number of fused-ring (bicyclic) bond motifs is 3. The summed E-state index contributed by atoms with van der Waals surface area (Å²) >= 11 is 13.2. The van der Waals surface area contributed by atoms with Crippen LogP contribution in [-0.4, -0.2) is 15.6 Å². The van der Waals surface area contributed by atoms with Crippen LogP contribution in [0.5, 0.6) is 5.75 Å². The van der Waals surface area contributed by atoms with Gasteiger partial charge in [-0.25, -0.2) is 5.01 Å². The van der Waals surface area contributed by atoms with Gasteiger partial charge in [0.05, 0.1) is 21.1 Å². The van der Waals surface area contributed by atoms with Gasteiger partial charge >= 0.3 is 0 Å². The largest absolute Gasteiger partial charge is 0.463 e. The van der Waals surface area contributed by atoms with Crippen molar-refractivity contribution in [1.29, 1.82) is 0 Å². The van der Waals surface area contributed by atoms with Crippen molar-refractivity contribution in [3.8, 4) is 5.75 Å². The zero-order valence-corrected chi connectivity index (χ0v) is 19.8. The van der Waals surface area contributed by atoms with Crippen LogP contribution in [0.2, 0.25) is 5.02 Å². The first kappa shape index (κ1) is 20.5. The van der Waals surface area contributed by atoms with Gasteiger partial charge in [-0.05, 0) is 45.8 Å². The van der Waals surface area contributed by atoms with Crippen LogP contribution in [0.1, 0.15) is 35.4 Å². The zero-order chi connectivity index (χ0) is 21.7. The van der Waals surface area contributed by atoms with E-state index in [1.807, 2.05) is 47.5 Å². The number of nitrogens with zero attached hydrogens (tertiary/aromatic N) is 3. The second-order valence-corrected chi connectivity index (χ2v) is 9.49. The fourth-order valence-electron chi connectivity index (χ4n) is 3.94. The molecule has 3 aromatic rings. The van der Waals surface area contributed by atoms with Crippen molar-refractivity contribution in [3.05, 3.63) is 101 Å². The predicted molar refractivity (Wildman–Crippen MR) is 125 cm³/mol. The summed E-state index contributed by atoms with van der Waals surface area (Å²) in [7, 11) is 0. The number of benzene rings is 3. The lowest BCUT2D eigenvalue weighted by molar-refractivity contribution is -0.385. The molecule has 0 unspecified atom stereocenters. The molecule has 3 aromatic carbocycles. The van der Waals surface area contributed by atoms with Crippen molar-refractivity contribution in [1.82, 2.24) is 5.01 Å². The van der Waals surface area contributed by atoms with Crippen LogP contribution >= 0.6 is 43.5 Å². The fourth-order valence-corrected chi connectivity index (χ4v) is 5.42. The fraction of sp³-hybridized carbons (Fsp3) is 0.136. The van der Waals surface area contributed by atoms with E-state index in [0.717, 1.165) is 25.8 Å². The Bertz CT molecular complexity index is 1230. The molecule has 156 valence electrons. The van der Waals surface area contributed by atoms with Crippen LogP contribution in [0.3, 0.4) is 0 Å². The maximum Gasteiger partial charge on any atom is 0.269 e. The summed E-state index contributed by atoms with van der Waals surface area (Å²) < 4.78 is 8.10. The second kappa shape index (κ2) is 7.93. The van der Waals surface area contributed by atoms with Gasteiger partial charge in [-0.2, -0.15) is 5.10 Å². The van der Waals surface area contributed by atoms with E-state index in [9.17, 15) is 10.1 Å². The van der Waals surface area contributed by atoms with Gasteiger partial charge in [0.25, 0.3) is 5.69 Å². The monoisotopic (exact) mass is 561 g/mol. The lowest BCUT2D eigenvalue weighted by Crippen LogP contribution is -2.34. The van der Waals surface area contributed by atoms with Crippen molar-refractivity contribution < 1.29 is 9.66 Å². The average molecular weight is 564 g/mol. The topological polar surface area (TPSA) is 68.0 Å². The molecule has 0 aromatic heterocycles. The Labute approximate surface area is 199 Å². The number of non-ortho nitro benzene ring substituents is 1. The molecule has 0 bridgehead atoms. The molecule has 0 saturated heterocycles. The minimum atomic E-state index is -0.598. The normalized spacial score (nSPS) is 19.3. The number of hydrazone groups is 1. The van der Waals surface area contributed by atoms with E-state index in [0.29, 0.717) is 22.8 Å². The number of ether oxygens (including phenoxy) is 1. The van der Waals surface area contributed by atoms with Gasteiger partial charge in [0.1, 0.15) is 5.75 Å². The standard InChI is InChI=1S/C22H14Br2ClN3O3/c23-14-9-17-20-11-19(12-4-6-15(25)7-5-12)26-27(20)22(31-21(17)18(24)10-14)13-2-1-3-16(8-13)28(29)30/h1-10,20,22H,11H2/t20-,22-/m1/s1. The Morgan fingerprint density at radius 2 is 1.90 bits per heavy atom. The second-order valence-electron chi connectivity index (χ2n) is 7.28. The van der Waals surface area contributed by atoms with Gasteiger partial charge in [0.15, 0.2) is 0 Å². The molecule has 0 radical (unpaired) electrons. The Hall–Kier alpha value is -2.42. The molecule has 5 rings (SSSR count). The Morgan fingerprint density at radius 1 is 1.13 bits per heavy atom. The van der Waals surface area contributed by atoms with E-state index >= 15 is 0 Å². The van der Waals surface area contributed by atoms with E-state index in [2.05, 4.69) is 31.9 Å². The molecule has 2 atom stereocenters. The summed E-state index contributed by atoms with van der Waals surface area (Å²) in [4.78, 5) is 10.9. The van der Waals surface area contributed by atoms with Crippen molar-refractivity contribution in [2.24, 2.45) is 5.10 Å². The van der Waals surface area contributed by atoms with Gasteiger partial charge in [-0.15, -0.1) is 0 Å². The van der Waals surface area contributed by atoms with Crippen LogP contribution in [-0.2, 0) is 0 Å². The molecule has 9 heteroatoms. The molecule has 0 spiro atoms. The highest BCUT2D eigenvalue weighted by Gasteiger charge is 2.42. The summed E-state index contributed by atoms with van der Waals surface area (Å²) in [6.45, 7) is 0. The first-order valence-corrected chi connectivity index (χ1v) is 11.4. The molecule has 0 saturated carbocycles. The number of halogens is 3. The van der Waals surface area contributed by atoms with Gasteiger partial charge in [-0.1, -0.05) is 51.8 Å². The SMILES string of the molecule is O=[N+]([O-])c1cccc([C@H]2Oc3c(Br)cc(Br)cc3[C@H]3CC(c4ccc(Cl)cc4)=NN32)c1. The third-order valence-electron chi connectivity index (χ3n) is 5.35. The van der Waals surface area contributed by atoms with Crippen LogP contribution in [0.4, 0.5) is 5.69 Å². The molecule has 6 nitrogen and oxygen atoms in total. The Kier molecular flexibility index (Phi) is 5.24. The van der Waals surface area contributed by atoms with Gasteiger partial charge in [0, 0.05) is 39.2 Å². The van der Waals surface area contributed by atoms with Gasteiger partial charge in [-0.3, -0.25) is 10.1 Å². The molecule has 0 amide bonds. The number of nitro benzene ring substituents is 1. The molecular formula is C22H14Br2ClN3O3. The van der Waals surface area contributed by atoms with Crippen LogP contribution in [0.25, 0.3) is 0 Å². The van der Waals surface area contributed by atoms with Crippen molar-refractivity contribution in [2.45, 2.75) is 18.7 Å². The quantitative estimate of drug-likeness (QED) is 0.254. The molecule has 0 N–H and O–H groups in total. The minimum Gasteiger partial charge on any atom is -0.463 e. The summed E-state index contributed by atoms with van der Waals surface area (Å²) in [5.74, 6) is 0.716. The first-order valence-electron chi connectivity index (χ1n) is 9.42. The third-order valence-corrected chi connectivity index (χ3v) is 6.65. The first-order chi connectivity index (χ1) is 14.9. The highest BCUT2D eigenvalue weighted by molar-refractivity contribution is 9.11. The van der Waals surface area contributed by atoms with Crippen molar-refractivity contribution in [3.63, 3.8) is 0 Å². The van der Waals surface area contributed by atoms with Gasteiger partial charge in [0.2, 0.25) is 6.23 Å². The summed E-state index contributed by atoms with van der Waals surface area (Å²) in [6.07, 6.45) is 0.0754. The molecule has 0 aliphatic carbocycles. The third kappa shape index (κ3) is 3.73. The molecule has 2 aliphatic heterocycles. The lowest BCUT2D eigenvalue weighted by atomic mass is 9.96. The highest BCUT2D eigenvalue weighted by Crippen LogP contribution is 2.51. The highest BCUT2D eigenvalue weighted by atomic mass is 79.9. The molecule has 31 heavy (non-hydrogen) atoms. The van der Waals surface area contributed by atoms with Crippen LogP contribution in [0.15, 0.2) is 74.7 Å². The van der Waals surface area contributed by atoms with Crippen LogP contribution < -0.4 is 4.74 Å². The van der Waals surface area contributed by atoms with Gasteiger partial charge < -0.3 is 4.74 Å². The van der Waals surface area contributed by atoms with E-state index in [4.69, 9.17) is 21.4 Å². The number of hydrogen-bond donors (Lipinski definition) is 0. The number of rotatable bonds is 3. The van der Waals surface area contributed by atoms with E-state index < -0.39 is 11.2 Å². The Morgan fingerprint density at radius 3 is 2.65 bits per heavy atom. The maximum atomic E-state index is 11.3. The maximum absolute atomic E-state index is 11.3. The van der Waals surface area contributed by atoms with Crippen LogP contribution in [0, 0.1) is 10.1 Å². The molecule has 0 fully saturated rings. The van der Waals surface area contributed by atoms with Crippen molar-refractivity contribution in [2.75, 3.05) is 0 Å². The Balaban J connectivity index is 1.63.